The minimum atomic E-state index is 0.567. The van der Waals surface area contributed by atoms with Gasteiger partial charge in [-0.05, 0) is 23.8 Å². The number of aromatic nitrogens is 1. The Hall–Kier alpha value is -3.10. The van der Waals surface area contributed by atoms with Crippen LogP contribution in [-0.4, -0.2) is 4.98 Å². The van der Waals surface area contributed by atoms with Crippen molar-refractivity contribution in [1.29, 1.82) is 0 Å². The minimum absolute atomic E-state index is 0.567. The summed E-state index contributed by atoms with van der Waals surface area (Å²) >= 11 is 5.93. The number of benzene rings is 3. The van der Waals surface area contributed by atoms with E-state index < -0.39 is 0 Å². The topological polar surface area (TPSA) is 26.0 Å². The summed E-state index contributed by atoms with van der Waals surface area (Å²) in [5, 5.41) is 0.719. The molecule has 0 fully saturated rings. The second kappa shape index (κ2) is 7.42. The zero-order valence-corrected chi connectivity index (χ0v) is 14.7. The van der Waals surface area contributed by atoms with Gasteiger partial charge in [0, 0.05) is 22.2 Å². The van der Waals surface area contributed by atoms with E-state index >= 15 is 0 Å². The van der Waals surface area contributed by atoms with Crippen molar-refractivity contribution in [2.75, 3.05) is 0 Å². The third-order valence-corrected chi connectivity index (χ3v) is 4.27. The van der Waals surface area contributed by atoms with Crippen LogP contribution in [0.15, 0.2) is 89.3 Å². The monoisotopic (exact) mass is 357 g/mol. The molecule has 0 saturated heterocycles. The highest BCUT2D eigenvalue weighted by Crippen LogP contribution is 2.33. The predicted octanol–water partition coefficient (Wildman–Crippen LogP) is 6.83. The molecule has 0 aliphatic heterocycles. The lowest BCUT2D eigenvalue weighted by atomic mass is 10.1. The van der Waals surface area contributed by atoms with E-state index in [1.54, 1.807) is 0 Å². The zero-order valence-electron chi connectivity index (χ0n) is 14.0. The van der Waals surface area contributed by atoms with Crippen molar-refractivity contribution >= 4 is 23.8 Å². The van der Waals surface area contributed by atoms with Crippen molar-refractivity contribution in [2.24, 2.45) is 0 Å². The van der Waals surface area contributed by atoms with E-state index in [1.165, 1.54) is 0 Å². The first-order valence-corrected chi connectivity index (χ1v) is 8.73. The first-order chi connectivity index (χ1) is 12.8. The molecule has 0 aliphatic rings. The summed E-state index contributed by atoms with van der Waals surface area (Å²) in [4.78, 5) is 4.71. The third-order valence-electron chi connectivity index (χ3n) is 4.02. The van der Waals surface area contributed by atoms with E-state index in [0.717, 1.165) is 33.2 Å². The molecule has 0 N–H and O–H groups in total. The van der Waals surface area contributed by atoms with Gasteiger partial charge in [-0.15, -0.1) is 0 Å². The number of halogens is 1. The molecular formula is C23H16ClNO. The van der Waals surface area contributed by atoms with Gasteiger partial charge in [-0.3, -0.25) is 0 Å². The summed E-state index contributed by atoms with van der Waals surface area (Å²) in [6, 6.07) is 27.7. The van der Waals surface area contributed by atoms with Crippen LogP contribution in [0.4, 0.5) is 0 Å². The molecule has 1 aromatic heterocycles. The van der Waals surface area contributed by atoms with Crippen LogP contribution in [0.5, 0.6) is 0 Å². The van der Waals surface area contributed by atoms with E-state index in [9.17, 15) is 0 Å². The number of hydrogen-bond acceptors (Lipinski definition) is 2. The molecule has 2 nitrogen and oxygen atoms in total. The molecule has 0 saturated carbocycles. The van der Waals surface area contributed by atoms with Crippen molar-refractivity contribution in [3.05, 3.63) is 101 Å². The molecule has 126 valence electrons. The van der Waals surface area contributed by atoms with Gasteiger partial charge in [0.2, 0.25) is 5.89 Å². The molecule has 0 bridgehead atoms. The van der Waals surface area contributed by atoms with Gasteiger partial charge in [0.15, 0.2) is 5.76 Å². The lowest BCUT2D eigenvalue weighted by Crippen LogP contribution is -1.81. The summed E-state index contributed by atoms with van der Waals surface area (Å²) in [5.74, 6) is 1.34. The number of nitrogens with zero attached hydrogens (tertiary/aromatic N) is 1. The predicted molar refractivity (Wildman–Crippen MR) is 108 cm³/mol. The van der Waals surface area contributed by atoms with Gasteiger partial charge in [-0.1, -0.05) is 84.4 Å². The molecular weight excluding hydrogens is 342 g/mol. The molecule has 4 aromatic rings. The maximum absolute atomic E-state index is 6.08. The Kier molecular flexibility index (Phi) is 4.67. The van der Waals surface area contributed by atoms with Gasteiger partial charge in [0.25, 0.3) is 0 Å². The van der Waals surface area contributed by atoms with Crippen molar-refractivity contribution in [1.82, 2.24) is 4.98 Å². The molecule has 1 heterocycles. The normalized spacial score (nSPS) is 11.1. The van der Waals surface area contributed by atoms with Gasteiger partial charge in [-0.25, -0.2) is 4.98 Å². The molecule has 3 aromatic carbocycles. The molecule has 0 amide bonds. The largest absolute Gasteiger partial charge is 0.436 e. The third kappa shape index (κ3) is 3.61. The molecule has 4 rings (SSSR count). The van der Waals surface area contributed by atoms with Crippen molar-refractivity contribution in [3.8, 4) is 22.6 Å². The van der Waals surface area contributed by atoms with E-state index in [-0.39, 0.29) is 0 Å². The van der Waals surface area contributed by atoms with Crippen LogP contribution in [0.1, 0.15) is 11.5 Å². The highest BCUT2D eigenvalue weighted by atomic mass is 35.5. The van der Waals surface area contributed by atoms with Gasteiger partial charge in [-0.2, -0.15) is 0 Å². The Morgan fingerprint density at radius 3 is 1.96 bits per heavy atom. The number of oxazole rings is 1. The highest BCUT2D eigenvalue weighted by molar-refractivity contribution is 6.30. The van der Waals surface area contributed by atoms with Gasteiger partial charge >= 0.3 is 0 Å². The molecule has 0 atom stereocenters. The Labute approximate surface area is 157 Å². The fraction of sp³-hybridized carbons (Fsp3) is 0. The van der Waals surface area contributed by atoms with E-state index in [4.69, 9.17) is 21.0 Å². The van der Waals surface area contributed by atoms with Crippen LogP contribution >= 0.6 is 11.6 Å². The zero-order chi connectivity index (χ0) is 17.8. The first-order valence-electron chi connectivity index (χ1n) is 8.35. The van der Waals surface area contributed by atoms with Crippen LogP contribution in [0, 0.1) is 0 Å². The fourth-order valence-electron chi connectivity index (χ4n) is 2.73. The highest BCUT2D eigenvalue weighted by Gasteiger charge is 2.15. The number of hydrogen-bond donors (Lipinski definition) is 0. The fourth-order valence-corrected chi connectivity index (χ4v) is 2.85. The summed E-state index contributed by atoms with van der Waals surface area (Å²) in [6.07, 6.45) is 3.84. The maximum atomic E-state index is 6.08. The summed E-state index contributed by atoms with van der Waals surface area (Å²) in [7, 11) is 0. The SMILES string of the molecule is Clc1ccc(/C=C/c2nc(-c3ccccc3)c(-c3ccccc3)o2)cc1. The van der Waals surface area contributed by atoms with Crippen LogP contribution in [0.3, 0.4) is 0 Å². The second-order valence-corrected chi connectivity index (χ2v) is 6.28. The van der Waals surface area contributed by atoms with Gasteiger partial charge < -0.3 is 4.42 Å². The summed E-state index contributed by atoms with van der Waals surface area (Å²) in [5.41, 5.74) is 3.91. The van der Waals surface area contributed by atoms with Crippen LogP contribution in [0.25, 0.3) is 34.7 Å². The van der Waals surface area contributed by atoms with Crippen LogP contribution in [-0.2, 0) is 0 Å². The lowest BCUT2D eigenvalue weighted by Gasteiger charge is -2.00. The van der Waals surface area contributed by atoms with Gasteiger partial charge in [0.1, 0.15) is 5.69 Å². The summed E-state index contributed by atoms with van der Waals surface area (Å²) < 4.78 is 6.08. The van der Waals surface area contributed by atoms with Crippen LogP contribution < -0.4 is 0 Å². The smallest absolute Gasteiger partial charge is 0.220 e. The standard InChI is InChI=1S/C23H16ClNO/c24-20-14-11-17(12-15-20)13-16-21-25-22(18-7-3-1-4-8-18)23(26-21)19-9-5-2-6-10-19/h1-16H/b16-13+. The summed E-state index contributed by atoms with van der Waals surface area (Å²) in [6.45, 7) is 0. The average Bonchev–Trinajstić information content (AvgIpc) is 3.13. The average molecular weight is 358 g/mol. The molecule has 0 spiro atoms. The second-order valence-electron chi connectivity index (χ2n) is 5.85. The Bertz CT molecular complexity index is 962. The first kappa shape index (κ1) is 16.4. The molecule has 3 heteroatoms. The van der Waals surface area contributed by atoms with Crippen molar-refractivity contribution < 1.29 is 4.42 Å². The number of rotatable bonds is 4. The van der Waals surface area contributed by atoms with Gasteiger partial charge in [0.05, 0.1) is 0 Å². The maximum Gasteiger partial charge on any atom is 0.220 e. The molecule has 0 radical (unpaired) electrons. The Morgan fingerprint density at radius 1 is 0.692 bits per heavy atom. The quantitative estimate of drug-likeness (QED) is 0.400. The lowest BCUT2D eigenvalue weighted by molar-refractivity contribution is 0.561. The van der Waals surface area contributed by atoms with Crippen molar-refractivity contribution in [2.45, 2.75) is 0 Å². The van der Waals surface area contributed by atoms with Crippen LogP contribution in [0.2, 0.25) is 5.02 Å². The molecule has 0 aliphatic carbocycles. The minimum Gasteiger partial charge on any atom is -0.436 e. The Morgan fingerprint density at radius 2 is 1.31 bits per heavy atom. The van der Waals surface area contributed by atoms with E-state index in [2.05, 4.69) is 0 Å². The van der Waals surface area contributed by atoms with E-state index in [0.29, 0.717) is 5.89 Å². The van der Waals surface area contributed by atoms with E-state index in [1.807, 2.05) is 97.1 Å². The molecule has 0 unspecified atom stereocenters. The molecule has 26 heavy (non-hydrogen) atoms. The Balaban J connectivity index is 1.75. The van der Waals surface area contributed by atoms with Crippen molar-refractivity contribution in [3.63, 3.8) is 0 Å².